The largest absolute Gasteiger partial charge is 0.381 e. The molecule has 2 rings (SSSR count). The second-order valence-electron chi connectivity index (χ2n) is 3.28. The van der Waals surface area contributed by atoms with Crippen molar-refractivity contribution in [2.75, 3.05) is 7.11 Å². The summed E-state index contributed by atoms with van der Waals surface area (Å²) in [6, 6.07) is 0.382. The summed E-state index contributed by atoms with van der Waals surface area (Å²) in [6.07, 6.45) is 3.52. The van der Waals surface area contributed by atoms with Crippen molar-refractivity contribution in [1.82, 2.24) is 20.2 Å². The van der Waals surface area contributed by atoms with E-state index in [0.717, 1.165) is 19.3 Å². The van der Waals surface area contributed by atoms with E-state index < -0.39 is 0 Å². The molecule has 0 amide bonds. The molecule has 0 spiro atoms. The van der Waals surface area contributed by atoms with Gasteiger partial charge in [-0.25, -0.2) is 4.68 Å². The highest BCUT2D eigenvalue weighted by Gasteiger charge is 2.26. The molecule has 1 fully saturated rings. The molecule has 1 aromatic heterocycles. The zero-order valence-electron chi connectivity index (χ0n) is 7.43. The molecule has 5 nitrogen and oxygen atoms in total. The van der Waals surface area contributed by atoms with Crippen molar-refractivity contribution < 1.29 is 4.74 Å². The normalized spacial score (nSPS) is 28.1. The summed E-state index contributed by atoms with van der Waals surface area (Å²) >= 11 is 5.01. The van der Waals surface area contributed by atoms with Gasteiger partial charge in [-0.05, 0) is 31.5 Å². The second kappa shape index (κ2) is 3.55. The first-order chi connectivity index (χ1) is 6.31. The summed E-state index contributed by atoms with van der Waals surface area (Å²) in [5, 5.41) is 10.2. The summed E-state index contributed by atoms with van der Waals surface area (Å²) in [4.78, 5) is 0. The molecular weight excluding hydrogens is 188 g/mol. The van der Waals surface area contributed by atoms with E-state index >= 15 is 0 Å². The van der Waals surface area contributed by atoms with E-state index in [2.05, 4.69) is 15.5 Å². The van der Waals surface area contributed by atoms with Gasteiger partial charge in [-0.1, -0.05) is 10.3 Å². The topological polar surface area (TPSA) is 55.7 Å². The van der Waals surface area contributed by atoms with Crippen LogP contribution in [-0.2, 0) is 4.74 Å². The lowest BCUT2D eigenvalue weighted by Gasteiger charge is -2.09. The third kappa shape index (κ3) is 1.64. The summed E-state index contributed by atoms with van der Waals surface area (Å²) in [6.45, 7) is 0. The molecule has 72 valence electrons. The fraction of sp³-hybridized carbons (Fsp3) is 0.857. The van der Waals surface area contributed by atoms with E-state index in [9.17, 15) is 0 Å². The number of ether oxygens (including phenoxy) is 1. The summed E-state index contributed by atoms with van der Waals surface area (Å²) in [5.74, 6) is 0. The van der Waals surface area contributed by atoms with Gasteiger partial charge >= 0.3 is 0 Å². The number of hydrogen-bond acceptors (Lipinski definition) is 4. The van der Waals surface area contributed by atoms with Gasteiger partial charge in [-0.15, -0.1) is 0 Å². The van der Waals surface area contributed by atoms with Crippen LogP contribution in [0.5, 0.6) is 0 Å². The highest BCUT2D eigenvalue weighted by Crippen LogP contribution is 2.30. The maximum absolute atomic E-state index is 5.28. The van der Waals surface area contributed by atoms with Gasteiger partial charge < -0.3 is 4.74 Å². The van der Waals surface area contributed by atoms with Crippen LogP contribution in [-0.4, -0.2) is 33.4 Å². The van der Waals surface area contributed by atoms with E-state index in [4.69, 9.17) is 17.0 Å². The Bertz CT molecular complexity index is 333. The standard InChI is InChI=1S/C7H12N4OS/c1-12-6-3-2-5(4-6)11-7(13)8-9-10-11/h5-6H,2-4H2,1H3,(H,8,10,13). The molecule has 0 aliphatic heterocycles. The van der Waals surface area contributed by atoms with E-state index in [1.807, 2.05) is 4.68 Å². The smallest absolute Gasteiger partial charge is 0.238 e. The van der Waals surface area contributed by atoms with Gasteiger partial charge in [0.15, 0.2) is 0 Å². The molecule has 1 heterocycles. The molecule has 0 saturated heterocycles. The first-order valence-corrected chi connectivity index (χ1v) is 4.74. The minimum Gasteiger partial charge on any atom is -0.381 e. The zero-order valence-corrected chi connectivity index (χ0v) is 8.25. The fourth-order valence-corrected chi connectivity index (χ4v) is 2.04. The number of nitrogens with zero attached hydrogens (tertiary/aromatic N) is 3. The van der Waals surface area contributed by atoms with E-state index in [1.54, 1.807) is 7.11 Å². The van der Waals surface area contributed by atoms with Gasteiger partial charge in [0.1, 0.15) is 0 Å². The van der Waals surface area contributed by atoms with Crippen LogP contribution in [0.25, 0.3) is 0 Å². The molecule has 1 aromatic rings. The number of rotatable bonds is 2. The molecule has 1 saturated carbocycles. The summed E-state index contributed by atoms with van der Waals surface area (Å²) in [5.41, 5.74) is 0. The van der Waals surface area contributed by atoms with Crippen LogP contribution in [0.3, 0.4) is 0 Å². The van der Waals surface area contributed by atoms with Crippen LogP contribution >= 0.6 is 12.2 Å². The Morgan fingerprint density at radius 3 is 3.00 bits per heavy atom. The average molecular weight is 200 g/mol. The van der Waals surface area contributed by atoms with E-state index in [1.165, 1.54) is 0 Å². The maximum Gasteiger partial charge on any atom is 0.238 e. The number of aromatic amines is 1. The van der Waals surface area contributed by atoms with Crippen molar-refractivity contribution >= 4 is 12.2 Å². The maximum atomic E-state index is 5.28. The quantitative estimate of drug-likeness (QED) is 0.726. The van der Waals surface area contributed by atoms with Crippen LogP contribution in [0.4, 0.5) is 0 Å². The van der Waals surface area contributed by atoms with Crippen molar-refractivity contribution in [2.45, 2.75) is 31.4 Å². The van der Waals surface area contributed by atoms with Crippen LogP contribution < -0.4 is 0 Å². The van der Waals surface area contributed by atoms with Gasteiger partial charge in [0.05, 0.1) is 12.1 Å². The lowest BCUT2D eigenvalue weighted by atomic mass is 10.2. The molecular formula is C7H12N4OS. The van der Waals surface area contributed by atoms with Gasteiger partial charge in [-0.2, -0.15) is 5.21 Å². The average Bonchev–Trinajstić information content (AvgIpc) is 2.71. The highest BCUT2D eigenvalue weighted by molar-refractivity contribution is 7.71. The van der Waals surface area contributed by atoms with Crippen molar-refractivity contribution in [3.05, 3.63) is 4.77 Å². The molecule has 0 aromatic carbocycles. The molecule has 2 unspecified atom stereocenters. The number of tetrazole rings is 1. The lowest BCUT2D eigenvalue weighted by Crippen LogP contribution is -2.10. The molecule has 2 atom stereocenters. The Morgan fingerprint density at radius 1 is 1.62 bits per heavy atom. The van der Waals surface area contributed by atoms with Crippen LogP contribution in [0.1, 0.15) is 25.3 Å². The van der Waals surface area contributed by atoms with Gasteiger partial charge in [0, 0.05) is 7.11 Å². The Kier molecular flexibility index (Phi) is 2.41. The molecule has 1 aliphatic rings. The molecule has 1 aliphatic carbocycles. The first-order valence-electron chi connectivity index (χ1n) is 4.33. The van der Waals surface area contributed by atoms with Crippen LogP contribution in [0.15, 0.2) is 0 Å². The highest BCUT2D eigenvalue weighted by atomic mass is 32.1. The molecule has 0 bridgehead atoms. The Balaban J connectivity index is 2.12. The van der Waals surface area contributed by atoms with Crippen LogP contribution in [0, 0.1) is 4.77 Å². The zero-order chi connectivity index (χ0) is 9.26. The Hall–Kier alpha value is -0.750. The first kappa shape index (κ1) is 8.83. The number of aromatic nitrogens is 4. The number of methoxy groups -OCH3 is 1. The Morgan fingerprint density at radius 2 is 2.46 bits per heavy atom. The van der Waals surface area contributed by atoms with E-state index in [0.29, 0.717) is 16.9 Å². The van der Waals surface area contributed by atoms with Gasteiger partial charge in [0.25, 0.3) is 0 Å². The SMILES string of the molecule is COC1CCC(n2[nH]nnc2=S)C1. The Labute approximate surface area is 81.1 Å². The van der Waals surface area contributed by atoms with Gasteiger partial charge in [0.2, 0.25) is 4.77 Å². The number of hydrogen-bond donors (Lipinski definition) is 1. The molecule has 13 heavy (non-hydrogen) atoms. The summed E-state index contributed by atoms with van der Waals surface area (Å²) < 4.78 is 7.65. The molecule has 0 radical (unpaired) electrons. The van der Waals surface area contributed by atoms with Gasteiger partial charge in [-0.3, -0.25) is 0 Å². The third-order valence-corrected chi connectivity index (χ3v) is 2.83. The van der Waals surface area contributed by atoms with Crippen molar-refractivity contribution in [2.24, 2.45) is 0 Å². The number of nitrogens with one attached hydrogen (secondary N) is 1. The van der Waals surface area contributed by atoms with Crippen molar-refractivity contribution in [3.63, 3.8) is 0 Å². The fourth-order valence-electron chi connectivity index (χ4n) is 1.81. The second-order valence-corrected chi connectivity index (χ2v) is 3.64. The number of H-pyrrole nitrogens is 1. The monoisotopic (exact) mass is 200 g/mol. The molecule has 6 heteroatoms. The minimum atomic E-state index is 0.357. The predicted octanol–water partition coefficient (Wildman–Crippen LogP) is 1.08. The van der Waals surface area contributed by atoms with E-state index in [-0.39, 0.29) is 0 Å². The van der Waals surface area contributed by atoms with Crippen LogP contribution in [0.2, 0.25) is 0 Å². The van der Waals surface area contributed by atoms with Crippen molar-refractivity contribution in [1.29, 1.82) is 0 Å². The lowest BCUT2D eigenvalue weighted by molar-refractivity contribution is 0.105. The predicted molar refractivity (Wildman–Crippen MR) is 48.9 cm³/mol. The minimum absolute atomic E-state index is 0.357. The van der Waals surface area contributed by atoms with Crippen molar-refractivity contribution in [3.8, 4) is 0 Å². The summed E-state index contributed by atoms with van der Waals surface area (Å²) in [7, 11) is 1.75. The third-order valence-electron chi connectivity index (χ3n) is 2.55. The molecule has 1 N–H and O–H groups in total.